The number of hydrogen-bond donors (Lipinski definition) is 2. The highest BCUT2D eigenvalue weighted by atomic mass is 16.2. The summed E-state index contributed by atoms with van der Waals surface area (Å²) < 4.78 is 0. The quantitative estimate of drug-likeness (QED) is 0.814. The van der Waals surface area contributed by atoms with Gasteiger partial charge in [0, 0.05) is 25.3 Å². The van der Waals surface area contributed by atoms with Crippen molar-refractivity contribution in [1.29, 1.82) is 0 Å². The highest BCUT2D eigenvalue weighted by molar-refractivity contribution is 5.77. The van der Waals surface area contributed by atoms with Crippen LogP contribution in [0.2, 0.25) is 0 Å². The summed E-state index contributed by atoms with van der Waals surface area (Å²) in [5, 5.41) is 3.06. The molecule has 0 saturated carbocycles. The second-order valence-electron chi connectivity index (χ2n) is 4.66. The smallest absolute Gasteiger partial charge is 0.255 e. The van der Waals surface area contributed by atoms with Crippen molar-refractivity contribution in [1.82, 2.24) is 20.2 Å². The van der Waals surface area contributed by atoms with Crippen molar-refractivity contribution in [2.75, 3.05) is 20.1 Å². The van der Waals surface area contributed by atoms with Crippen molar-refractivity contribution < 1.29 is 4.79 Å². The van der Waals surface area contributed by atoms with E-state index in [1.54, 1.807) is 25.8 Å². The van der Waals surface area contributed by atoms with E-state index in [1.165, 1.54) is 0 Å². The summed E-state index contributed by atoms with van der Waals surface area (Å²) in [5.41, 5.74) is 1.12. The van der Waals surface area contributed by atoms with E-state index in [-0.39, 0.29) is 24.1 Å². The molecule has 6 heteroatoms. The largest absolute Gasteiger partial charge is 0.345 e. The molecule has 0 aromatic carbocycles. The number of H-pyrrole nitrogens is 1. The van der Waals surface area contributed by atoms with Gasteiger partial charge in [0.25, 0.3) is 5.56 Å². The van der Waals surface area contributed by atoms with Gasteiger partial charge in [-0.15, -0.1) is 0 Å². The summed E-state index contributed by atoms with van der Waals surface area (Å²) in [6.07, 6.45) is 0. The Labute approximate surface area is 113 Å². The molecule has 0 aliphatic heterocycles. The topological polar surface area (TPSA) is 78.1 Å². The van der Waals surface area contributed by atoms with Gasteiger partial charge in [-0.2, -0.15) is 0 Å². The minimum Gasteiger partial charge on any atom is -0.345 e. The molecule has 1 rings (SSSR count). The van der Waals surface area contributed by atoms with E-state index in [0.29, 0.717) is 23.6 Å². The summed E-state index contributed by atoms with van der Waals surface area (Å²) >= 11 is 0. The molecule has 1 atom stereocenters. The summed E-state index contributed by atoms with van der Waals surface area (Å²) in [5.74, 6) is 0.601. The molecule has 0 saturated heterocycles. The van der Waals surface area contributed by atoms with Gasteiger partial charge < -0.3 is 15.2 Å². The number of aromatic amines is 1. The third kappa shape index (κ3) is 3.89. The fourth-order valence-corrected chi connectivity index (χ4v) is 1.90. The van der Waals surface area contributed by atoms with E-state index in [2.05, 4.69) is 15.3 Å². The molecule has 6 nitrogen and oxygen atoms in total. The van der Waals surface area contributed by atoms with Crippen LogP contribution in [-0.2, 0) is 4.79 Å². The lowest BCUT2D eigenvalue weighted by atomic mass is 10.1. The lowest BCUT2D eigenvalue weighted by Gasteiger charge is -2.18. The maximum atomic E-state index is 11.9. The van der Waals surface area contributed by atoms with Crippen molar-refractivity contribution >= 4 is 5.91 Å². The van der Waals surface area contributed by atoms with Crippen LogP contribution in [0.5, 0.6) is 0 Å². The molecule has 2 N–H and O–H groups in total. The normalized spacial score (nSPS) is 12.3. The first-order valence-electron chi connectivity index (χ1n) is 6.41. The Balaban J connectivity index is 2.77. The van der Waals surface area contributed by atoms with Crippen molar-refractivity contribution in [3.05, 3.63) is 27.4 Å². The Morgan fingerprint density at radius 2 is 2.11 bits per heavy atom. The molecule has 1 unspecified atom stereocenters. The molecule has 1 amide bonds. The lowest BCUT2D eigenvalue weighted by Crippen LogP contribution is -2.37. The zero-order chi connectivity index (χ0) is 14.6. The fourth-order valence-electron chi connectivity index (χ4n) is 1.90. The molecular formula is C13H22N4O2. The van der Waals surface area contributed by atoms with Gasteiger partial charge in [-0.25, -0.2) is 4.98 Å². The molecule has 0 aliphatic carbocycles. The van der Waals surface area contributed by atoms with Crippen molar-refractivity contribution in [3.63, 3.8) is 0 Å². The van der Waals surface area contributed by atoms with Gasteiger partial charge in [0.15, 0.2) is 0 Å². The van der Waals surface area contributed by atoms with Crippen LogP contribution in [0.15, 0.2) is 4.79 Å². The summed E-state index contributed by atoms with van der Waals surface area (Å²) in [7, 11) is 1.75. The predicted octanol–water partition coefficient (Wildman–Crippen LogP) is 0.516. The number of aryl methyl sites for hydroxylation is 2. The average molecular weight is 266 g/mol. The molecule has 0 radical (unpaired) electrons. The van der Waals surface area contributed by atoms with Crippen molar-refractivity contribution in [2.24, 2.45) is 0 Å². The second kappa shape index (κ2) is 6.47. The van der Waals surface area contributed by atoms with Gasteiger partial charge in [0.1, 0.15) is 5.82 Å². The van der Waals surface area contributed by atoms with Crippen molar-refractivity contribution in [3.8, 4) is 0 Å². The molecule has 0 aliphatic rings. The molecule has 0 spiro atoms. The van der Waals surface area contributed by atoms with E-state index in [1.807, 2.05) is 13.8 Å². The molecule has 19 heavy (non-hydrogen) atoms. The number of rotatable bonds is 5. The maximum absolute atomic E-state index is 11.9. The standard InChI is InChI=1S/C13H22N4O2/c1-6-17(5)11(18)7-14-8(2)12-9(3)15-10(4)16-13(12)19/h8,14H,6-7H2,1-5H3,(H,15,16,19). The molecular weight excluding hydrogens is 244 g/mol. The highest BCUT2D eigenvalue weighted by Gasteiger charge is 2.16. The Morgan fingerprint density at radius 1 is 1.47 bits per heavy atom. The van der Waals surface area contributed by atoms with Crippen LogP contribution in [0.25, 0.3) is 0 Å². The highest BCUT2D eigenvalue weighted by Crippen LogP contribution is 2.10. The van der Waals surface area contributed by atoms with Crippen LogP contribution in [0, 0.1) is 13.8 Å². The van der Waals surface area contributed by atoms with Gasteiger partial charge in [-0.05, 0) is 27.7 Å². The molecule has 0 bridgehead atoms. The Morgan fingerprint density at radius 3 is 2.63 bits per heavy atom. The SMILES string of the molecule is CCN(C)C(=O)CNC(C)c1c(C)nc(C)[nH]c1=O. The summed E-state index contributed by atoms with van der Waals surface area (Å²) in [4.78, 5) is 32.2. The van der Waals surface area contributed by atoms with E-state index >= 15 is 0 Å². The van der Waals surface area contributed by atoms with Gasteiger partial charge in [0.2, 0.25) is 5.91 Å². The Hall–Kier alpha value is -1.69. The van der Waals surface area contributed by atoms with E-state index in [0.717, 1.165) is 0 Å². The molecule has 1 heterocycles. The zero-order valence-corrected chi connectivity index (χ0v) is 12.2. The van der Waals surface area contributed by atoms with Gasteiger partial charge in [-0.1, -0.05) is 0 Å². The van der Waals surface area contributed by atoms with Crippen LogP contribution in [-0.4, -0.2) is 40.9 Å². The van der Waals surface area contributed by atoms with Gasteiger partial charge in [-0.3, -0.25) is 9.59 Å². The minimum atomic E-state index is -0.217. The number of nitrogens with one attached hydrogen (secondary N) is 2. The monoisotopic (exact) mass is 266 g/mol. The zero-order valence-electron chi connectivity index (χ0n) is 12.2. The number of nitrogens with zero attached hydrogens (tertiary/aromatic N) is 2. The first kappa shape index (κ1) is 15.4. The third-order valence-electron chi connectivity index (χ3n) is 3.16. The number of hydrogen-bond acceptors (Lipinski definition) is 4. The Kier molecular flexibility index (Phi) is 5.23. The van der Waals surface area contributed by atoms with Crippen LogP contribution < -0.4 is 10.9 Å². The fraction of sp³-hybridized carbons (Fsp3) is 0.615. The first-order chi connectivity index (χ1) is 8.86. The van der Waals surface area contributed by atoms with E-state index in [9.17, 15) is 9.59 Å². The third-order valence-corrected chi connectivity index (χ3v) is 3.16. The van der Waals surface area contributed by atoms with E-state index < -0.39 is 0 Å². The number of aromatic nitrogens is 2. The molecule has 0 fully saturated rings. The van der Waals surface area contributed by atoms with Crippen LogP contribution in [0.3, 0.4) is 0 Å². The van der Waals surface area contributed by atoms with Gasteiger partial charge >= 0.3 is 0 Å². The Bertz CT molecular complexity index is 510. The predicted molar refractivity (Wildman–Crippen MR) is 74.1 cm³/mol. The van der Waals surface area contributed by atoms with Crippen LogP contribution in [0.4, 0.5) is 0 Å². The van der Waals surface area contributed by atoms with Crippen LogP contribution in [0.1, 0.15) is 37.0 Å². The number of likely N-dealkylation sites (N-methyl/N-ethyl adjacent to an activating group) is 1. The summed E-state index contributed by atoms with van der Waals surface area (Å²) in [6, 6.07) is -0.217. The first-order valence-corrected chi connectivity index (χ1v) is 6.41. The molecule has 106 valence electrons. The number of carbonyl (C=O) groups excluding carboxylic acids is 1. The van der Waals surface area contributed by atoms with Crippen LogP contribution >= 0.6 is 0 Å². The van der Waals surface area contributed by atoms with Crippen molar-refractivity contribution in [2.45, 2.75) is 33.7 Å². The van der Waals surface area contributed by atoms with Gasteiger partial charge in [0.05, 0.1) is 12.1 Å². The number of carbonyl (C=O) groups is 1. The molecule has 1 aromatic heterocycles. The molecule has 1 aromatic rings. The number of amides is 1. The second-order valence-corrected chi connectivity index (χ2v) is 4.66. The maximum Gasteiger partial charge on any atom is 0.255 e. The summed E-state index contributed by atoms with van der Waals surface area (Å²) in [6.45, 7) is 8.19. The lowest BCUT2D eigenvalue weighted by molar-refractivity contribution is -0.128. The van der Waals surface area contributed by atoms with E-state index in [4.69, 9.17) is 0 Å². The average Bonchev–Trinajstić information content (AvgIpc) is 2.33. The minimum absolute atomic E-state index is 0.00324.